The van der Waals surface area contributed by atoms with Crippen LogP contribution in [0.15, 0.2) is 210 Å². The smallest absolute Gasteiger partial charge is 0.316 e. The molecule has 0 atom stereocenters. The van der Waals surface area contributed by atoms with E-state index in [1.54, 1.807) is 16.8 Å². The number of H-pyrrole nitrogens is 1. The number of aromatic nitrogens is 5. The van der Waals surface area contributed by atoms with Gasteiger partial charge in [0.25, 0.3) is 5.69 Å². The number of methoxy groups -OCH3 is 1. The Bertz CT molecular complexity index is 4950. The third-order valence-corrected chi connectivity index (χ3v) is 18.3. The predicted octanol–water partition coefficient (Wildman–Crippen LogP) is 25.9. The van der Waals surface area contributed by atoms with Crippen LogP contribution in [-0.4, -0.2) is 65.7 Å². The molecule has 1 amide bonds. The normalized spacial score (nSPS) is 11.5. The topological polar surface area (TPSA) is 254 Å². The summed E-state index contributed by atoms with van der Waals surface area (Å²) in [5, 5.41) is 15.9. The monoisotopic (exact) mass is 1690 g/mol. The van der Waals surface area contributed by atoms with E-state index in [0.717, 1.165) is 72.8 Å². The van der Waals surface area contributed by atoms with Gasteiger partial charge in [0.05, 0.1) is 46.8 Å². The summed E-state index contributed by atoms with van der Waals surface area (Å²) in [5.74, 6) is -0.260. The number of amides is 1. The zero-order chi connectivity index (χ0) is 92.6. The number of carbonyl (C=O) groups excluding carboxylic acids is 5. The van der Waals surface area contributed by atoms with E-state index in [2.05, 4.69) is 215 Å². The van der Waals surface area contributed by atoms with Crippen molar-refractivity contribution in [2.45, 2.75) is 283 Å². The molecule has 0 bridgehead atoms. The number of nitrogens with one attached hydrogen (secondary N) is 2. The summed E-state index contributed by atoms with van der Waals surface area (Å²) in [6.07, 6.45) is 14.5. The Kier molecular flexibility index (Phi) is 44.0. The summed E-state index contributed by atoms with van der Waals surface area (Å²) >= 11 is 0. The molecule has 3 heterocycles. The van der Waals surface area contributed by atoms with Gasteiger partial charge in [-0.1, -0.05) is 312 Å². The van der Waals surface area contributed by atoms with E-state index in [1.807, 2.05) is 152 Å². The van der Waals surface area contributed by atoms with Crippen molar-refractivity contribution in [2.24, 2.45) is 43.3 Å². The maximum Gasteiger partial charge on any atom is 0.316 e. The van der Waals surface area contributed by atoms with Crippen molar-refractivity contribution in [2.75, 3.05) is 12.4 Å². The van der Waals surface area contributed by atoms with Gasteiger partial charge in [-0.05, 0) is 164 Å². The number of unbranched alkanes of at least 4 members (excludes halogenated alkanes) is 2. The minimum atomic E-state index is -0.562. The summed E-state index contributed by atoms with van der Waals surface area (Å²) in [4.78, 5) is 102. The van der Waals surface area contributed by atoms with Gasteiger partial charge in [-0.2, -0.15) is 0 Å². The summed E-state index contributed by atoms with van der Waals surface area (Å²) in [5.41, 5.74) is 10.1. The minimum Gasteiger partial charge on any atom is -0.469 e. The number of nitrogens with zero attached hydrogens (tertiary/aromatic N) is 5. The molecular weight excluding hydrogens is 1540 g/mol. The highest BCUT2D eigenvalue weighted by Gasteiger charge is 2.21. The van der Waals surface area contributed by atoms with Crippen LogP contribution in [0.1, 0.15) is 276 Å². The van der Waals surface area contributed by atoms with Crippen LogP contribution < -0.4 is 16.4 Å². The molecule has 2 N–H and O–H groups in total. The molecule has 3 aromatic heterocycles. The molecule has 19 nitrogen and oxygen atoms in total. The first kappa shape index (κ1) is 106. The summed E-state index contributed by atoms with van der Waals surface area (Å²) in [6, 6.07) is 60.0. The second kappa shape index (κ2) is 50.8. The number of benzene rings is 7. The van der Waals surface area contributed by atoms with Crippen molar-refractivity contribution in [3.05, 3.63) is 259 Å². The highest BCUT2D eigenvalue weighted by molar-refractivity contribution is 5.94. The number of esters is 3. The second-order valence-electron chi connectivity index (χ2n) is 41.2. The van der Waals surface area contributed by atoms with Gasteiger partial charge in [-0.25, -0.2) is 4.98 Å². The summed E-state index contributed by atoms with van der Waals surface area (Å²) in [7, 11) is 1.42. The van der Waals surface area contributed by atoms with Crippen LogP contribution in [0.25, 0.3) is 32.8 Å². The number of hydrogen-bond donors (Lipinski definition) is 2. The molecule has 670 valence electrons. The van der Waals surface area contributed by atoms with Gasteiger partial charge in [0.1, 0.15) is 18.9 Å². The Balaban J connectivity index is 0.000000365. The lowest BCUT2D eigenvalue weighted by molar-refractivity contribution is -0.384. The van der Waals surface area contributed by atoms with Crippen molar-refractivity contribution >= 4 is 73.8 Å². The fourth-order valence-corrected chi connectivity index (χ4v) is 11.8. The van der Waals surface area contributed by atoms with Gasteiger partial charge >= 0.3 is 29.0 Å². The number of non-ortho nitro benzene ring substituents is 1. The number of ether oxygens (including phenoxy) is 3. The third-order valence-electron chi connectivity index (χ3n) is 18.3. The van der Waals surface area contributed by atoms with Crippen LogP contribution in [0.5, 0.6) is 0 Å². The van der Waals surface area contributed by atoms with Crippen LogP contribution in [0.2, 0.25) is 0 Å². The number of hydrogen-bond acceptors (Lipinski definition) is 14. The Labute approximate surface area is 734 Å². The van der Waals surface area contributed by atoms with Crippen LogP contribution in [0, 0.1) is 60.4 Å². The highest BCUT2D eigenvalue weighted by Crippen LogP contribution is 2.29. The standard InChI is InChI=1S/C16H25NO.C15H18.C14H20O2.C13H18N2O3.C13H16N2O2.C13H18O2.C12H16N2.C8H16O2/c1-13-9-10-14(17-12-13)15(18)8-6-5-7-11-16(2,3)4;1-15(2,3)11-12-8-9-13-6-4-5-7-14(13)10-12;1-14(2,3)10-9-13(15)16-11-12-7-5-4-6-8-12;1-13(2,3)9-8-12(16)14-10-4-6-11(7-5-10)15(17)18;1-13(2,3)8-15-10-7-5-4-6-9(10)14-11(16)12(15)17;1-13(2,3)9-12(14)15-10-11-7-5-4-6-8-11;1-12(2,3)8-14-9-13-10-6-4-5-7-11(10)14;1-8(2,3)6-5-7(9)10-4/h9-10,12H,5-8,11H2,1-4H3;4-10H,11H2,1-3H3;4-8H,9-11H2,1-3H3;4-7H,8-9H2,1-3H3,(H,14,16);4-7H,8H2,1-3H3,(H,14,16);4-8H,9-10H2,1-3H3;4-7,9H,8H2,1-3H3;5-6H2,1-4H3. The van der Waals surface area contributed by atoms with E-state index >= 15 is 0 Å². The number of aryl methyl sites for hydroxylation is 1. The van der Waals surface area contributed by atoms with E-state index in [0.29, 0.717) is 85.0 Å². The van der Waals surface area contributed by atoms with Crippen molar-refractivity contribution in [1.82, 2.24) is 24.1 Å². The molecule has 0 aliphatic rings. The number of pyridine rings is 1. The van der Waals surface area contributed by atoms with Crippen LogP contribution >= 0.6 is 0 Å². The van der Waals surface area contributed by atoms with Crippen LogP contribution in [0.4, 0.5) is 11.4 Å². The molecule has 0 unspecified atom stereocenters. The fraction of sp³-hybridized carbons (Fsp3) is 0.490. The number of para-hydroxylation sites is 4. The lowest BCUT2D eigenvalue weighted by Gasteiger charge is -2.20. The predicted molar refractivity (Wildman–Crippen MR) is 507 cm³/mol. The molecule has 0 saturated carbocycles. The lowest BCUT2D eigenvalue weighted by atomic mass is 9.87. The maximum atomic E-state index is 11.9. The molecule has 7 aromatic carbocycles. The second-order valence-corrected chi connectivity index (χ2v) is 41.2. The largest absolute Gasteiger partial charge is 0.469 e. The van der Waals surface area contributed by atoms with Gasteiger partial charge < -0.3 is 33.6 Å². The molecule has 10 rings (SSSR count). The molecule has 123 heavy (non-hydrogen) atoms. The Morgan fingerprint density at radius 2 is 0.951 bits per heavy atom. The lowest BCUT2D eigenvalue weighted by Crippen LogP contribution is -2.38. The highest BCUT2D eigenvalue weighted by atomic mass is 16.6. The summed E-state index contributed by atoms with van der Waals surface area (Å²) < 4.78 is 18.6. The SMILES string of the molecule is CC(C)(C)CC(=O)OCc1ccccc1.CC(C)(C)CCC(=O)Nc1ccc([N+](=O)[O-])cc1.CC(C)(C)CCC(=O)OCc1ccccc1.CC(C)(C)Cc1ccc2ccccc2c1.CC(C)(C)Cn1c(=O)c(=O)[nH]c2ccccc21.CC(C)(C)Cn1cnc2ccccc21.COC(=O)CCC(C)(C)C.Cc1ccc(C(=O)CCCCCC(C)(C)C)nc1. The minimum absolute atomic E-state index is 0.00618. The number of anilines is 1. The number of ketones is 1. The molecule has 0 aliphatic heterocycles. The van der Waals surface area contributed by atoms with E-state index in [9.17, 15) is 43.7 Å². The average molecular weight is 1690 g/mol. The van der Waals surface area contributed by atoms with Gasteiger partial charge in [-0.3, -0.25) is 48.7 Å². The Morgan fingerprint density at radius 1 is 0.455 bits per heavy atom. The van der Waals surface area contributed by atoms with Gasteiger partial charge in [0, 0.05) is 62.8 Å². The van der Waals surface area contributed by atoms with E-state index in [1.165, 1.54) is 66.1 Å². The molecule has 0 aliphatic carbocycles. The Hall–Kier alpha value is -10.7. The van der Waals surface area contributed by atoms with Gasteiger partial charge in [0.15, 0.2) is 5.78 Å². The molecule has 10 aromatic rings. The molecular formula is C104H147N7O12. The molecule has 0 fully saturated rings. The van der Waals surface area contributed by atoms with E-state index < -0.39 is 16.0 Å². The maximum absolute atomic E-state index is 11.9. The quantitative estimate of drug-likeness (QED) is 0.0122. The van der Waals surface area contributed by atoms with E-state index in [-0.39, 0.29) is 62.4 Å². The first-order chi connectivity index (χ1) is 57.0. The zero-order valence-corrected chi connectivity index (χ0v) is 79.2. The molecule has 0 radical (unpaired) electrons. The molecule has 0 spiro atoms. The number of carbonyl (C=O) groups is 5. The van der Waals surface area contributed by atoms with Crippen molar-refractivity contribution in [3.63, 3.8) is 0 Å². The summed E-state index contributed by atoms with van der Waals surface area (Å²) in [6.45, 7) is 55.7. The van der Waals surface area contributed by atoms with Gasteiger partial charge in [0.2, 0.25) is 5.91 Å². The average Bonchev–Trinajstić information content (AvgIpc) is 1.41. The Morgan fingerprint density at radius 3 is 1.46 bits per heavy atom. The fourth-order valence-electron chi connectivity index (χ4n) is 11.8. The zero-order valence-electron chi connectivity index (χ0n) is 79.2. The van der Waals surface area contributed by atoms with Crippen molar-refractivity contribution < 1.29 is 43.1 Å². The first-order valence-corrected chi connectivity index (χ1v) is 43.1. The van der Waals surface area contributed by atoms with E-state index in [4.69, 9.17) is 9.47 Å². The number of nitro benzene ring substituents is 1. The van der Waals surface area contributed by atoms with Crippen molar-refractivity contribution in [3.8, 4) is 0 Å². The number of aromatic amines is 1. The molecule has 19 heteroatoms. The van der Waals surface area contributed by atoms with Gasteiger partial charge in [-0.15, -0.1) is 0 Å². The first-order valence-electron chi connectivity index (χ1n) is 43.1. The number of Topliss-reactive ketones (excluding diaryl/α,β-unsaturated/α-hetero) is 1. The van der Waals surface area contributed by atoms with Crippen molar-refractivity contribution in [1.29, 1.82) is 0 Å². The number of fused-ring (bicyclic) bond motifs is 3. The van der Waals surface area contributed by atoms with Crippen LogP contribution in [-0.2, 0) is 66.1 Å². The third kappa shape index (κ3) is 49.9. The van der Waals surface area contributed by atoms with Crippen LogP contribution in [0.3, 0.4) is 0 Å². The molecule has 0 saturated heterocycles. The number of imidazole rings is 1. The number of rotatable bonds is 22. The number of nitro groups is 1.